The minimum atomic E-state index is 0.614. The normalized spacial score (nSPS) is 11.1. The molecule has 0 radical (unpaired) electrons. The lowest BCUT2D eigenvalue weighted by atomic mass is 10.1. The van der Waals surface area contributed by atoms with E-state index >= 15 is 0 Å². The number of oxazole rings is 1. The van der Waals surface area contributed by atoms with E-state index in [1.807, 2.05) is 30.3 Å². The number of benzene rings is 2. The predicted octanol–water partition coefficient (Wildman–Crippen LogP) is 5.61. The van der Waals surface area contributed by atoms with Gasteiger partial charge in [-0.3, -0.25) is 0 Å². The minimum absolute atomic E-state index is 0.614. The van der Waals surface area contributed by atoms with E-state index in [1.54, 1.807) is 18.0 Å². The first-order chi connectivity index (χ1) is 13.7. The summed E-state index contributed by atoms with van der Waals surface area (Å²) in [6, 6.07) is 18.4. The highest BCUT2D eigenvalue weighted by Crippen LogP contribution is 2.28. The molecule has 5 nitrogen and oxygen atoms in total. The molecule has 0 bridgehead atoms. The summed E-state index contributed by atoms with van der Waals surface area (Å²) in [5.74, 6) is 2.99. The van der Waals surface area contributed by atoms with Crippen molar-refractivity contribution in [2.45, 2.75) is 37.7 Å². The maximum absolute atomic E-state index is 5.91. The lowest BCUT2D eigenvalue weighted by Gasteiger charge is -2.08. The van der Waals surface area contributed by atoms with Crippen molar-refractivity contribution < 1.29 is 4.42 Å². The molecule has 0 amide bonds. The van der Waals surface area contributed by atoms with Crippen molar-refractivity contribution in [2.24, 2.45) is 0 Å². The third-order valence-electron chi connectivity index (χ3n) is 4.38. The average Bonchev–Trinajstić information content (AvgIpc) is 3.35. The molecule has 0 N–H and O–H groups in total. The quantitative estimate of drug-likeness (QED) is 0.384. The van der Waals surface area contributed by atoms with Gasteiger partial charge in [-0.15, -0.1) is 10.2 Å². The van der Waals surface area contributed by atoms with Crippen LogP contribution in [0, 0.1) is 6.92 Å². The molecule has 0 fully saturated rings. The van der Waals surface area contributed by atoms with Crippen molar-refractivity contribution in [3.05, 3.63) is 72.2 Å². The molecule has 0 aliphatic carbocycles. The van der Waals surface area contributed by atoms with Gasteiger partial charge in [-0.25, -0.2) is 4.98 Å². The zero-order valence-corrected chi connectivity index (χ0v) is 16.8. The van der Waals surface area contributed by atoms with Gasteiger partial charge in [-0.1, -0.05) is 72.8 Å². The first-order valence-electron chi connectivity index (χ1n) is 9.37. The standard InChI is InChI=1S/C22H22N4OS/c1-3-12-26-21(18-11-7-8-16(2)13-18)24-25-22(26)28-15-20-23-14-19(27-20)17-9-5-4-6-10-17/h4-11,13-14H,3,12,15H2,1-2H3. The van der Waals surface area contributed by atoms with Gasteiger partial charge >= 0.3 is 0 Å². The maximum atomic E-state index is 5.91. The fraction of sp³-hybridized carbons (Fsp3) is 0.227. The summed E-state index contributed by atoms with van der Waals surface area (Å²) in [6.07, 6.45) is 2.79. The Labute approximate surface area is 168 Å². The van der Waals surface area contributed by atoms with E-state index in [4.69, 9.17) is 4.42 Å². The minimum Gasteiger partial charge on any atom is -0.440 e. The molecular formula is C22H22N4OS. The van der Waals surface area contributed by atoms with Gasteiger partial charge in [-0.2, -0.15) is 0 Å². The molecule has 4 rings (SSSR count). The number of hydrogen-bond donors (Lipinski definition) is 0. The molecule has 0 saturated heterocycles. The average molecular weight is 391 g/mol. The molecule has 4 aromatic rings. The van der Waals surface area contributed by atoms with Crippen LogP contribution in [-0.2, 0) is 12.3 Å². The topological polar surface area (TPSA) is 56.7 Å². The highest BCUT2D eigenvalue weighted by atomic mass is 32.2. The van der Waals surface area contributed by atoms with E-state index in [0.717, 1.165) is 40.8 Å². The molecule has 2 heterocycles. The Kier molecular flexibility index (Phi) is 5.58. The molecule has 0 saturated carbocycles. The van der Waals surface area contributed by atoms with Crippen LogP contribution in [0.4, 0.5) is 0 Å². The summed E-state index contributed by atoms with van der Waals surface area (Å²) in [6.45, 7) is 5.13. The van der Waals surface area contributed by atoms with Crippen LogP contribution in [-0.4, -0.2) is 19.7 Å². The second-order valence-corrected chi connectivity index (χ2v) is 7.54. The van der Waals surface area contributed by atoms with Crippen molar-refractivity contribution in [3.63, 3.8) is 0 Å². The Morgan fingerprint density at radius 3 is 2.61 bits per heavy atom. The third-order valence-corrected chi connectivity index (χ3v) is 5.33. The van der Waals surface area contributed by atoms with Crippen molar-refractivity contribution in [1.82, 2.24) is 19.7 Å². The molecule has 0 atom stereocenters. The number of aryl methyl sites for hydroxylation is 1. The zero-order chi connectivity index (χ0) is 19.3. The Hall–Kier alpha value is -2.86. The molecule has 2 aromatic carbocycles. The summed E-state index contributed by atoms with van der Waals surface area (Å²) in [7, 11) is 0. The molecule has 142 valence electrons. The van der Waals surface area contributed by atoms with E-state index in [9.17, 15) is 0 Å². The second kappa shape index (κ2) is 8.44. The number of thioether (sulfide) groups is 1. The van der Waals surface area contributed by atoms with Crippen molar-refractivity contribution >= 4 is 11.8 Å². The summed E-state index contributed by atoms with van der Waals surface area (Å²) in [5, 5.41) is 9.77. The van der Waals surface area contributed by atoms with Crippen LogP contribution in [0.25, 0.3) is 22.7 Å². The lowest BCUT2D eigenvalue weighted by molar-refractivity contribution is 0.529. The number of nitrogens with zero attached hydrogens (tertiary/aromatic N) is 4. The second-order valence-electron chi connectivity index (χ2n) is 6.60. The fourth-order valence-electron chi connectivity index (χ4n) is 3.06. The van der Waals surface area contributed by atoms with Gasteiger partial charge in [0.2, 0.25) is 5.89 Å². The Morgan fingerprint density at radius 2 is 1.82 bits per heavy atom. The summed E-state index contributed by atoms with van der Waals surface area (Å²) in [5.41, 5.74) is 3.34. The fourth-order valence-corrected chi connectivity index (χ4v) is 3.88. The van der Waals surface area contributed by atoms with Gasteiger partial charge in [0.25, 0.3) is 0 Å². The SMILES string of the molecule is CCCn1c(SCc2ncc(-c3ccccc3)o2)nnc1-c1cccc(C)c1. The molecule has 0 unspecified atom stereocenters. The number of hydrogen-bond acceptors (Lipinski definition) is 5. The largest absolute Gasteiger partial charge is 0.440 e. The number of aromatic nitrogens is 4. The molecule has 0 aliphatic rings. The van der Waals surface area contributed by atoms with E-state index in [2.05, 4.69) is 57.9 Å². The molecule has 0 aliphatic heterocycles. The van der Waals surface area contributed by atoms with Crippen LogP contribution in [0.1, 0.15) is 24.8 Å². The van der Waals surface area contributed by atoms with Gasteiger partial charge in [0.15, 0.2) is 16.7 Å². The molecule has 28 heavy (non-hydrogen) atoms. The molecule has 0 spiro atoms. The first kappa shape index (κ1) is 18.5. The van der Waals surface area contributed by atoms with Gasteiger partial charge in [0.05, 0.1) is 11.9 Å². The smallest absolute Gasteiger partial charge is 0.205 e. The van der Waals surface area contributed by atoms with Crippen LogP contribution in [0.5, 0.6) is 0 Å². The van der Waals surface area contributed by atoms with Gasteiger partial charge in [0.1, 0.15) is 0 Å². The van der Waals surface area contributed by atoms with Crippen LogP contribution in [0.3, 0.4) is 0 Å². The first-order valence-corrected chi connectivity index (χ1v) is 10.4. The Morgan fingerprint density at radius 1 is 1.00 bits per heavy atom. The highest BCUT2D eigenvalue weighted by molar-refractivity contribution is 7.98. The molecular weight excluding hydrogens is 368 g/mol. The Bertz CT molecular complexity index is 1060. The monoisotopic (exact) mass is 390 g/mol. The lowest BCUT2D eigenvalue weighted by Crippen LogP contribution is -2.02. The maximum Gasteiger partial charge on any atom is 0.205 e. The Balaban J connectivity index is 1.53. The predicted molar refractivity (Wildman–Crippen MR) is 112 cm³/mol. The van der Waals surface area contributed by atoms with Crippen LogP contribution in [0.2, 0.25) is 0 Å². The summed E-state index contributed by atoms with van der Waals surface area (Å²) < 4.78 is 8.09. The van der Waals surface area contributed by atoms with Crippen LogP contribution in [0.15, 0.2) is 70.4 Å². The summed E-state index contributed by atoms with van der Waals surface area (Å²) >= 11 is 1.60. The van der Waals surface area contributed by atoms with Crippen molar-refractivity contribution in [3.8, 4) is 22.7 Å². The van der Waals surface area contributed by atoms with Gasteiger partial charge in [0, 0.05) is 17.7 Å². The van der Waals surface area contributed by atoms with Crippen LogP contribution < -0.4 is 0 Å². The van der Waals surface area contributed by atoms with Crippen LogP contribution >= 0.6 is 11.8 Å². The van der Waals surface area contributed by atoms with Gasteiger partial charge < -0.3 is 8.98 Å². The van der Waals surface area contributed by atoms with E-state index in [1.165, 1.54) is 5.56 Å². The highest BCUT2D eigenvalue weighted by Gasteiger charge is 2.15. The van der Waals surface area contributed by atoms with E-state index in [-0.39, 0.29) is 0 Å². The van der Waals surface area contributed by atoms with E-state index < -0.39 is 0 Å². The van der Waals surface area contributed by atoms with Crippen molar-refractivity contribution in [2.75, 3.05) is 0 Å². The third kappa shape index (κ3) is 4.02. The van der Waals surface area contributed by atoms with Gasteiger partial charge in [-0.05, 0) is 19.4 Å². The number of rotatable bonds is 7. The molecule has 6 heteroatoms. The summed E-state index contributed by atoms with van der Waals surface area (Å²) in [4.78, 5) is 4.41. The van der Waals surface area contributed by atoms with E-state index in [0.29, 0.717) is 11.6 Å². The van der Waals surface area contributed by atoms with Crippen molar-refractivity contribution in [1.29, 1.82) is 0 Å². The zero-order valence-electron chi connectivity index (χ0n) is 16.0. The molecule has 2 aromatic heterocycles.